The Morgan fingerprint density at radius 2 is 1.76 bits per heavy atom. The molecule has 4 rings (SSSR count). The zero-order valence-corrected chi connectivity index (χ0v) is 17.0. The van der Waals surface area contributed by atoms with Crippen LogP contribution in [0.4, 0.5) is 23.1 Å². The van der Waals surface area contributed by atoms with Gasteiger partial charge in [0.1, 0.15) is 11.6 Å². The standard InChI is InChI=1S/C23H27N5O/c1-17-15-22(26-19-9-11-20(12-10-19)28-13-5-6-14-28)27-23(25-17)24-16-18-7-3-4-8-21(18)29-2/h3-4,7-12,15H,5-6,13-14,16H2,1-2H3,(H2,24,25,26,27). The van der Waals surface area contributed by atoms with Crippen LogP contribution in [-0.2, 0) is 6.54 Å². The lowest BCUT2D eigenvalue weighted by Gasteiger charge is -2.18. The highest BCUT2D eigenvalue weighted by molar-refractivity contribution is 5.62. The Bertz CT molecular complexity index is 952. The first kappa shape index (κ1) is 19.1. The molecule has 6 heteroatoms. The highest BCUT2D eigenvalue weighted by atomic mass is 16.5. The van der Waals surface area contributed by atoms with Gasteiger partial charge in [-0.1, -0.05) is 18.2 Å². The number of aryl methyl sites for hydroxylation is 1. The van der Waals surface area contributed by atoms with Crippen molar-refractivity contribution in [2.45, 2.75) is 26.3 Å². The van der Waals surface area contributed by atoms with Gasteiger partial charge in [0, 0.05) is 48.3 Å². The molecule has 2 aromatic carbocycles. The molecule has 6 nitrogen and oxygen atoms in total. The van der Waals surface area contributed by atoms with Gasteiger partial charge in [-0.2, -0.15) is 4.98 Å². The fourth-order valence-corrected chi connectivity index (χ4v) is 3.61. The summed E-state index contributed by atoms with van der Waals surface area (Å²) in [7, 11) is 1.68. The van der Waals surface area contributed by atoms with E-state index in [2.05, 4.69) is 49.8 Å². The molecule has 1 aromatic heterocycles. The Morgan fingerprint density at radius 1 is 1.00 bits per heavy atom. The molecule has 0 saturated carbocycles. The largest absolute Gasteiger partial charge is 0.496 e. The van der Waals surface area contributed by atoms with E-state index in [0.29, 0.717) is 12.5 Å². The molecule has 0 radical (unpaired) electrons. The van der Waals surface area contributed by atoms with Crippen molar-refractivity contribution in [1.29, 1.82) is 0 Å². The van der Waals surface area contributed by atoms with E-state index < -0.39 is 0 Å². The van der Waals surface area contributed by atoms with Crippen LogP contribution in [0.2, 0.25) is 0 Å². The van der Waals surface area contributed by atoms with Crippen molar-refractivity contribution < 1.29 is 4.74 Å². The van der Waals surface area contributed by atoms with Crippen LogP contribution in [0, 0.1) is 6.92 Å². The summed E-state index contributed by atoms with van der Waals surface area (Å²) in [6, 6.07) is 18.4. The number of nitrogens with zero attached hydrogens (tertiary/aromatic N) is 3. The number of hydrogen-bond acceptors (Lipinski definition) is 6. The van der Waals surface area contributed by atoms with Gasteiger partial charge < -0.3 is 20.3 Å². The maximum atomic E-state index is 5.41. The topological polar surface area (TPSA) is 62.3 Å². The molecule has 150 valence electrons. The lowest BCUT2D eigenvalue weighted by Crippen LogP contribution is -2.17. The van der Waals surface area contributed by atoms with Gasteiger partial charge in [0.2, 0.25) is 5.95 Å². The fraction of sp³-hybridized carbons (Fsp3) is 0.304. The van der Waals surface area contributed by atoms with Crippen molar-refractivity contribution in [3.05, 3.63) is 65.9 Å². The summed E-state index contributed by atoms with van der Waals surface area (Å²) in [4.78, 5) is 11.5. The Kier molecular flexibility index (Phi) is 5.79. The molecule has 29 heavy (non-hydrogen) atoms. The van der Waals surface area contributed by atoms with Gasteiger partial charge in [-0.25, -0.2) is 4.98 Å². The average molecular weight is 390 g/mol. The van der Waals surface area contributed by atoms with E-state index in [0.717, 1.165) is 41.6 Å². The molecule has 1 aliphatic rings. The number of para-hydroxylation sites is 1. The molecule has 2 heterocycles. The van der Waals surface area contributed by atoms with Crippen molar-refractivity contribution >= 4 is 23.1 Å². The number of benzene rings is 2. The van der Waals surface area contributed by atoms with Gasteiger partial charge >= 0.3 is 0 Å². The Balaban J connectivity index is 1.44. The number of ether oxygens (including phenoxy) is 1. The summed E-state index contributed by atoms with van der Waals surface area (Å²) in [5.41, 5.74) is 4.26. The molecule has 2 N–H and O–H groups in total. The monoisotopic (exact) mass is 389 g/mol. The highest BCUT2D eigenvalue weighted by Gasteiger charge is 2.12. The van der Waals surface area contributed by atoms with E-state index in [1.807, 2.05) is 37.3 Å². The molecule has 0 atom stereocenters. The summed E-state index contributed by atoms with van der Waals surface area (Å²) < 4.78 is 5.41. The zero-order chi connectivity index (χ0) is 20.1. The molecular weight excluding hydrogens is 362 g/mol. The van der Waals surface area contributed by atoms with Crippen LogP contribution >= 0.6 is 0 Å². The van der Waals surface area contributed by atoms with Crippen molar-refractivity contribution in [2.75, 3.05) is 35.7 Å². The number of nitrogens with one attached hydrogen (secondary N) is 2. The van der Waals surface area contributed by atoms with Crippen LogP contribution in [0.25, 0.3) is 0 Å². The van der Waals surface area contributed by atoms with E-state index in [-0.39, 0.29) is 0 Å². The highest BCUT2D eigenvalue weighted by Crippen LogP contribution is 2.24. The molecule has 1 aliphatic heterocycles. The van der Waals surface area contributed by atoms with Crippen molar-refractivity contribution in [2.24, 2.45) is 0 Å². The third-order valence-electron chi connectivity index (χ3n) is 5.09. The second-order valence-corrected chi connectivity index (χ2v) is 7.25. The van der Waals surface area contributed by atoms with E-state index in [1.54, 1.807) is 7.11 Å². The summed E-state index contributed by atoms with van der Waals surface area (Å²) >= 11 is 0. The van der Waals surface area contributed by atoms with Crippen molar-refractivity contribution in [3.63, 3.8) is 0 Å². The fourth-order valence-electron chi connectivity index (χ4n) is 3.61. The predicted molar refractivity (Wildman–Crippen MR) is 118 cm³/mol. The van der Waals surface area contributed by atoms with Crippen LogP contribution < -0.4 is 20.3 Å². The van der Waals surface area contributed by atoms with Crippen LogP contribution in [-0.4, -0.2) is 30.2 Å². The number of methoxy groups -OCH3 is 1. The third-order valence-corrected chi connectivity index (χ3v) is 5.09. The van der Waals surface area contributed by atoms with Crippen molar-refractivity contribution in [1.82, 2.24) is 9.97 Å². The Morgan fingerprint density at radius 3 is 2.52 bits per heavy atom. The lowest BCUT2D eigenvalue weighted by atomic mass is 10.2. The molecule has 3 aromatic rings. The average Bonchev–Trinajstić information content (AvgIpc) is 3.27. The van der Waals surface area contributed by atoms with Gasteiger partial charge in [0.05, 0.1) is 7.11 Å². The van der Waals surface area contributed by atoms with E-state index in [4.69, 9.17) is 4.74 Å². The van der Waals surface area contributed by atoms with Crippen molar-refractivity contribution in [3.8, 4) is 5.75 Å². The van der Waals surface area contributed by atoms with Crippen LogP contribution in [0.3, 0.4) is 0 Å². The van der Waals surface area contributed by atoms with Gasteiger partial charge in [-0.05, 0) is 50.1 Å². The molecular formula is C23H27N5O. The predicted octanol–water partition coefficient (Wildman–Crippen LogP) is 4.75. The molecule has 1 fully saturated rings. The van der Waals surface area contributed by atoms with E-state index in [9.17, 15) is 0 Å². The SMILES string of the molecule is COc1ccccc1CNc1nc(C)cc(Nc2ccc(N3CCCC3)cc2)n1. The maximum Gasteiger partial charge on any atom is 0.225 e. The smallest absolute Gasteiger partial charge is 0.225 e. The zero-order valence-electron chi connectivity index (χ0n) is 17.0. The molecule has 0 bridgehead atoms. The minimum absolute atomic E-state index is 0.590. The Labute approximate surface area is 172 Å². The molecule has 0 aliphatic carbocycles. The summed E-state index contributed by atoms with van der Waals surface area (Å²) in [6.45, 7) is 4.87. The minimum atomic E-state index is 0.590. The number of rotatable bonds is 7. The second kappa shape index (κ2) is 8.82. The first-order valence-corrected chi connectivity index (χ1v) is 10.0. The molecule has 1 saturated heterocycles. The van der Waals surface area contributed by atoms with E-state index in [1.165, 1.54) is 18.5 Å². The van der Waals surface area contributed by atoms with Gasteiger partial charge in [-0.15, -0.1) is 0 Å². The van der Waals surface area contributed by atoms with Crippen LogP contribution in [0.5, 0.6) is 5.75 Å². The van der Waals surface area contributed by atoms with Gasteiger partial charge in [-0.3, -0.25) is 0 Å². The number of anilines is 4. The van der Waals surface area contributed by atoms with Gasteiger partial charge in [0.15, 0.2) is 0 Å². The minimum Gasteiger partial charge on any atom is -0.496 e. The molecule has 0 unspecified atom stereocenters. The Hall–Kier alpha value is -3.28. The molecule has 0 spiro atoms. The van der Waals surface area contributed by atoms with Gasteiger partial charge in [0.25, 0.3) is 0 Å². The quantitative estimate of drug-likeness (QED) is 0.608. The normalized spacial score (nSPS) is 13.4. The lowest BCUT2D eigenvalue weighted by molar-refractivity contribution is 0.410. The first-order chi connectivity index (χ1) is 14.2. The number of hydrogen-bond donors (Lipinski definition) is 2. The second-order valence-electron chi connectivity index (χ2n) is 7.25. The summed E-state index contributed by atoms with van der Waals surface area (Å²) in [5.74, 6) is 2.21. The molecule has 0 amide bonds. The van der Waals surface area contributed by atoms with E-state index >= 15 is 0 Å². The van der Waals surface area contributed by atoms with Crippen LogP contribution in [0.1, 0.15) is 24.1 Å². The summed E-state index contributed by atoms with van der Waals surface area (Å²) in [6.07, 6.45) is 2.57. The summed E-state index contributed by atoms with van der Waals surface area (Å²) in [5, 5.41) is 6.69. The first-order valence-electron chi connectivity index (χ1n) is 10.0. The van der Waals surface area contributed by atoms with Crippen LogP contribution in [0.15, 0.2) is 54.6 Å². The third kappa shape index (κ3) is 4.77. The number of aromatic nitrogens is 2. The maximum absolute atomic E-state index is 5.41.